The van der Waals surface area contributed by atoms with Crippen molar-refractivity contribution in [3.05, 3.63) is 59.7 Å². The first-order valence-corrected chi connectivity index (χ1v) is 10.8. The highest BCUT2D eigenvalue weighted by Gasteiger charge is 2.26. The molecule has 2 aromatic carbocycles. The summed E-state index contributed by atoms with van der Waals surface area (Å²) in [5.74, 6) is 0. The lowest BCUT2D eigenvalue weighted by molar-refractivity contribution is 0.433. The molecule has 0 atom stereocenters. The van der Waals surface area contributed by atoms with Gasteiger partial charge in [0.2, 0.25) is 10.0 Å². The molecule has 0 bridgehead atoms. The number of sulfonamides is 1. The number of nitrogens with zero attached hydrogens (tertiary/aromatic N) is 3. The van der Waals surface area contributed by atoms with Crippen molar-refractivity contribution in [3.63, 3.8) is 0 Å². The number of rotatable bonds is 5. The van der Waals surface area contributed by atoms with Crippen molar-refractivity contribution in [1.82, 2.24) is 4.31 Å². The third-order valence-corrected chi connectivity index (χ3v) is 6.83. The number of anilines is 1. The van der Waals surface area contributed by atoms with Crippen molar-refractivity contribution in [2.24, 2.45) is 0 Å². The van der Waals surface area contributed by atoms with Crippen molar-refractivity contribution < 1.29 is 8.42 Å². The van der Waals surface area contributed by atoms with Crippen LogP contribution in [0.1, 0.15) is 30.9 Å². The summed E-state index contributed by atoms with van der Waals surface area (Å²) in [5, 5.41) is 8.93. The molecule has 6 heteroatoms. The van der Waals surface area contributed by atoms with Gasteiger partial charge in [-0.1, -0.05) is 25.5 Å². The highest BCUT2D eigenvalue weighted by atomic mass is 32.2. The molecule has 142 valence electrons. The first-order valence-electron chi connectivity index (χ1n) is 9.39. The van der Waals surface area contributed by atoms with Gasteiger partial charge in [0, 0.05) is 31.9 Å². The highest BCUT2D eigenvalue weighted by molar-refractivity contribution is 7.89. The zero-order valence-electron chi connectivity index (χ0n) is 15.6. The molecule has 5 nitrogen and oxygen atoms in total. The Morgan fingerprint density at radius 3 is 2.30 bits per heavy atom. The van der Waals surface area contributed by atoms with Gasteiger partial charge >= 0.3 is 0 Å². The molecule has 0 radical (unpaired) electrons. The van der Waals surface area contributed by atoms with Crippen LogP contribution < -0.4 is 4.90 Å². The second-order valence-electron chi connectivity index (χ2n) is 6.80. The average molecular weight is 384 g/mol. The van der Waals surface area contributed by atoms with E-state index < -0.39 is 10.0 Å². The molecular formula is C21H25N3O2S. The van der Waals surface area contributed by atoms with Gasteiger partial charge in [-0.25, -0.2) is 8.42 Å². The first-order chi connectivity index (χ1) is 13.0. The minimum atomic E-state index is -3.47. The van der Waals surface area contributed by atoms with E-state index in [0.717, 1.165) is 31.5 Å². The number of nitriles is 1. The maximum atomic E-state index is 13.0. The van der Waals surface area contributed by atoms with E-state index in [1.165, 1.54) is 5.56 Å². The maximum absolute atomic E-state index is 13.0. The van der Waals surface area contributed by atoms with Gasteiger partial charge in [-0.05, 0) is 54.8 Å². The molecule has 0 unspecified atom stereocenters. The van der Waals surface area contributed by atoms with Crippen LogP contribution in [0, 0.1) is 11.3 Å². The largest absolute Gasteiger partial charge is 0.370 e. The highest BCUT2D eigenvalue weighted by Crippen LogP contribution is 2.22. The third-order valence-electron chi connectivity index (χ3n) is 4.92. The summed E-state index contributed by atoms with van der Waals surface area (Å²) in [6, 6.07) is 16.8. The van der Waals surface area contributed by atoms with Crippen LogP contribution in [0.3, 0.4) is 0 Å². The predicted octanol–water partition coefficient (Wildman–Crippen LogP) is 3.41. The molecular weight excluding hydrogens is 358 g/mol. The Hall–Kier alpha value is -2.36. The van der Waals surface area contributed by atoms with Crippen molar-refractivity contribution in [2.45, 2.75) is 31.1 Å². The van der Waals surface area contributed by atoms with Gasteiger partial charge in [0.1, 0.15) is 0 Å². The van der Waals surface area contributed by atoms with Gasteiger partial charge in [0.25, 0.3) is 0 Å². The Morgan fingerprint density at radius 2 is 1.67 bits per heavy atom. The smallest absolute Gasteiger partial charge is 0.243 e. The minimum absolute atomic E-state index is 0.370. The molecule has 0 N–H and O–H groups in total. The van der Waals surface area contributed by atoms with Gasteiger partial charge in [0.05, 0.1) is 16.5 Å². The second kappa shape index (κ2) is 8.55. The molecule has 1 saturated heterocycles. The summed E-state index contributed by atoms with van der Waals surface area (Å²) in [5.41, 5.74) is 2.82. The van der Waals surface area contributed by atoms with Crippen molar-refractivity contribution in [2.75, 3.05) is 31.1 Å². The zero-order chi connectivity index (χ0) is 19.3. The van der Waals surface area contributed by atoms with Crippen LogP contribution in [0.15, 0.2) is 53.4 Å². The van der Waals surface area contributed by atoms with Gasteiger partial charge in [-0.3, -0.25) is 0 Å². The lowest BCUT2D eigenvalue weighted by Gasteiger charge is -2.23. The number of hydrogen-bond donors (Lipinski definition) is 0. The number of hydrogen-bond acceptors (Lipinski definition) is 4. The van der Waals surface area contributed by atoms with E-state index in [0.29, 0.717) is 30.1 Å². The molecule has 0 aromatic heterocycles. The van der Waals surface area contributed by atoms with Crippen LogP contribution in [-0.4, -0.2) is 38.9 Å². The summed E-state index contributed by atoms with van der Waals surface area (Å²) < 4.78 is 27.6. The van der Waals surface area contributed by atoms with E-state index in [-0.39, 0.29) is 0 Å². The minimum Gasteiger partial charge on any atom is -0.370 e. The molecule has 0 saturated carbocycles. The van der Waals surface area contributed by atoms with Crippen molar-refractivity contribution in [1.29, 1.82) is 5.26 Å². The monoisotopic (exact) mass is 383 g/mol. The fourth-order valence-electron chi connectivity index (χ4n) is 3.40. The van der Waals surface area contributed by atoms with Crippen LogP contribution in [0.4, 0.5) is 5.69 Å². The molecule has 0 amide bonds. The molecule has 2 aromatic rings. The standard InChI is InChI=1S/C21H25N3O2S/c1-2-4-18-7-11-21(12-8-18)27(25,26)24-14-3-13-23(15-16-24)20-9-5-19(17-22)6-10-20/h5-12H,2-4,13-16H2,1H3. The molecule has 1 aliphatic heterocycles. The van der Waals surface area contributed by atoms with E-state index >= 15 is 0 Å². The van der Waals surface area contributed by atoms with Gasteiger partial charge in [-0.15, -0.1) is 0 Å². The van der Waals surface area contributed by atoms with Gasteiger partial charge in [-0.2, -0.15) is 9.57 Å². The van der Waals surface area contributed by atoms with Crippen LogP contribution in [0.5, 0.6) is 0 Å². The molecule has 3 rings (SSSR count). The Bertz CT molecular complexity index is 900. The second-order valence-corrected chi connectivity index (χ2v) is 8.74. The lowest BCUT2D eigenvalue weighted by atomic mass is 10.1. The predicted molar refractivity (Wildman–Crippen MR) is 107 cm³/mol. The summed E-state index contributed by atoms with van der Waals surface area (Å²) in [6.45, 7) is 4.53. The SMILES string of the molecule is CCCc1ccc(S(=O)(=O)N2CCCN(c3ccc(C#N)cc3)CC2)cc1. The third kappa shape index (κ3) is 4.49. The number of benzene rings is 2. The van der Waals surface area contributed by atoms with Crippen LogP contribution >= 0.6 is 0 Å². The van der Waals surface area contributed by atoms with Crippen molar-refractivity contribution >= 4 is 15.7 Å². The van der Waals surface area contributed by atoms with E-state index in [9.17, 15) is 8.42 Å². The van der Waals surface area contributed by atoms with E-state index in [2.05, 4.69) is 17.9 Å². The normalized spacial score (nSPS) is 15.9. The topological polar surface area (TPSA) is 64.4 Å². The van der Waals surface area contributed by atoms with Gasteiger partial charge < -0.3 is 4.90 Å². The fraction of sp³-hybridized carbons (Fsp3) is 0.381. The maximum Gasteiger partial charge on any atom is 0.243 e. The Balaban J connectivity index is 1.71. The Labute approximate surface area is 161 Å². The molecule has 0 aliphatic carbocycles. The summed E-state index contributed by atoms with van der Waals surface area (Å²) >= 11 is 0. The Kier molecular flexibility index (Phi) is 6.15. The Morgan fingerprint density at radius 1 is 0.963 bits per heavy atom. The van der Waals surface area contributed by atoms with Gasteiger partial charge in [0.15, 0.2) is 0 Å². The quantitative estimate of drug-likeness (QED) is 0.794. The summed E-state index contributed by atoms with van der Waals surface area (Å²) in [7, 11) is -3.47. The van der Waals surface area contributed by atoms with E-state index in [4.69, 9.17) is 5.26 Å². The lowest BCUT2D eigenvalue weighted by Crippen LogP contribution is -2.35. The van der Waals surface area contributed by atoms with Crippen LogP contribution in [0.25, 0.3) is 0 Å². The number of aryl methyl sites for hydroxylation is 1. The molecule has 27 heavy (non-hydrogen) atoms. The van der Waals surface area contributed by atoms with Crippen molar-refractivity contribution in [3.8, 4) is 6.07 Å². The van der Waals surface area contributed by atoms with E-state index in [1.54, 1.807) is 28.6 Å². The molecule has 0 spiro atoms. The molecule has 1 fully saturated rings. The summed E-state index contributed by atoms with van der Waals surface area (Å²) in [6.07, 6.45) is 2.78. The zero-order valence-corrected chi connectivity index (χ0v) is 16.5. The summed E-state index contributed by atoms with van der Waals surface area (Å²) in [4.78, 5) is 2.55. The molecule has 1 aliphatic rings. The van der Waals surface area contributed by atoms with E-state index in [1.807, 2.05) is 24.3 Å². The molecule has 1 heterocycles. The average Bonchev–Trinajstić information content (AvgIpc) is 2.96. The van der Waals surface area contributed by atoms with Crippen LogP contribution in [0.2, 0.25) is 0 Å². The fourth-order valence-corrected chi connectivity index (χ4v) is 4.87. The van der Waals surface area contributed by atoms with Crippen LogP contribution in [-0.2, 0) is 16.4 Å². The first kappa shape index (κ1) is 19.4.